The average Bonchev–Trinajstić information content (AvgIpc) is 2.32. The molecule has 2 atom stereocenters. The Hall–Kier alpha value is -0.580. The van der Waals surface area contributed by atoms with Crippen molar-refractivity contribution in [1.82, 2.24) is 0 Å². The second-order valence-electron chi connectivity index (χ2n) is 5.48. The molecule has 2 heterocycles. The molecule has 0 aliphatic carbocycles. The fourth-order valence-corrected chi connectivity index (χ4v) is 3.93. The lowest BCUT2D eigenvalue weighted by atomic mass is 9.83. The van der Waals surface area contributed by atoms with E-state index in [0.717, 1.165) is 12.8 Å². The Morgan fingerprint density at radius 2 is 1.89 bits per heavy atom. The molecule has 2 aliphatic rings. The van der Waals surface area contributed by atoms with Gasteiger partial charge in [-0.25, -0.2) is 0 Å². The highest BCUT2D eigenvalue weighted by Crippen LogP contribution is 2.38. The topological polar surface area (TPSA) is 20.3 Å². The number of hydrogen-bond acceptors (Lipinski definition) is 2. The number of fused-ring (bicyclic) bond motifs is 2. The Morgan fingerprint density at radius 1 is 1.22 bits per heavy atom. The van der Waals surface area contributed by atoms with Crippen LogP contribution in [0.15, 0.2) is 18.2 Å². The van der Waals surface area contributed by atoms with Crippen LogP contribution < -0.4 is 4.90 Å². The van der Waals surface area contributed by atoms with Crippen LogP contribution in [0.5, 0.6) is 0 Å². The Kier molecular flexibility index (Phi) is 3.34. The molecule has 2 bridgehead atoms. The molecule has 0 aromatic heterocycles. The summed E-state index contributed by atoms with van der Waals surface area (Å²) in [7, 11) is 0. The van der Waals surface area contributed by atoms with Gasteiger partial charge in [0.1, 0.15) is 5.78 Å². The molecular formula is C15H18INO. The fourth-order valence-electron chi connectivity index (χ4n) is 3.44. The van der Waals surface area contributed by atoms with Crippen molar-refractivity contribution in [2.24, 2.45) is 0 Å². The quantitative estimate of drug-likeness (QED) is 0.717. The van der Waals surface area contributed by atoms with Gasteiger partial charge in [-0.05, 0) is 66.5 Å². The molecule has 0 amide bonds. The van der Waals surface area contributed by atoms with Crippen LogP contribution in [0.3, 0.4) is 0 Å². The number of rotatable bonds is 1. The largest absolute Gasteiger partial charge is 0.364 e. The Morgan fingerprint density at radius 3 is 2.56 bits per heavy atom. The van der Waals surface area contributed by atoms with Crippen molar-refractivity contribution in [3.63, 3.8) is 0 Å². The standard InChI is InChI=1S/C15H18INO/c1-10-14(16)6-3-7-15(10)17-11-4-2-5-12(17)9-13(18)8-11/h3,6-7,11-12H,2,4-5,8-9H2,1H3. The minimum Gasteiger partial charge on any atom is -0.364 e. The molecule has 0 saturated carbocycles. The predicted molar refractivity (Wildman–Crippen MR) is 82.0 cm³/mol. The molecular weight excluding hydrogens is 337 g/mol. The predicted octanol–water partition coefficient (Wildman–Crippen LogP) is 3.69. The van der Waals surface area contributed by atoms with E-state index in [4.69, 9.17) is 0 Å². The zero-order chi connectivity index (χ0) is 12.7. The van der Waals surface area contributed by atoms with Gasteiger partial charge >= 0.3 is 0 Å². The van der Waals surface area contributed by atoms with Crippen LogP contribution in [-0.4, -0.2) is 17.9 Å². The molecule has 3 heteroatoms. The molecule has 2 fully saturated rings. The number of Topliss-reactive ketones (excluding diaryl/α,β-unsaturated/α-hetero) is 1. The van der Waals surface area contributed by atoms with Gasteiger partial charge in [-0.1, -0.05) is 6.07 Å². The van der Waals surface area contributed by atoms with Gasteiger partial charge in [-0.3, -0.25) is 4.79 Å². The van der Waals surface area contributed by atoms with Gasteiger partial charge in [0, 0.05) is 34.2 Å². The average molecular weight is 355 g/mol. The Bertz CT molecular complexity index is 469. The number of benzene rings is 1. The lowest BCUT2D eigenvalue weighted by Gasteiger charge is -2.47. The van der Waals surface area contributed by atoms with Crippen LogP contribution in [0.4, 0.5) is 5.69 Å². The first-order valence-electron chi connectivity index (χ1n) is 6.72. The summed E-state index contributed by atoms with van der Waals surface area (Å²) in [5.41, 5.74) is 2.72. The second-order valence-corrected chi connectivity index (χ2v) is 6.64. The van der Waals surface area contributed by atoms with E-state index >= 15 is 0 Å². The van der Waals surface area contributed by atoms with Crippen molar-refractivity contribution in [1.29, 1.82) is 0 Å². The molecule has 18 heavy (non-hydrogen) atoms. The molecule has 2 aliphatic heterocycles. The first kappa shape index (κ1) is 12.5. The van der Waals surface area contributed by atoms with Crippen molar-refractivity contribution in [2.75, 3.05) is 4.90 Å². The van der Waals surface area contributed by atoms with E-state index < -0.39 is 0 Å². The highest BCUT2D eigenvalue weighted by atomic mass is 127. The van der Waals surface area contributed by atoms with E-state index in [1.807, 2.05) is 0 Å². The van der Waals surface area contributed by atoms with Gasteiger partial charge in [0.15, 0.2) is 0 Å². The van der Waals surface area contributed by atoms with Gasteiger partial charge in [-0.15, -0.1) is 0 Å². The zero-order valence-corrected chi connectivity index (χ0v) is 12.8. The SMILES string of the molecule is Cc1c(I)cccc1N1C2CCCC1CC(=O)C2. The normalized spacial score (nSPS) is 27.4. The fraction of sp³-hybridized carbons (Fsp3) is 0.533. The van der Waals surface area contributed by atoms with Crippen LogP contribution >= 0.6 is 22.6 Å². The van der Waals surface area contributed by atoms with Gasteiger partial charge in [0.05, 0.1) is 0 Å². The van der Waals surface area contributed by atoms with E-state index in [-0.39, 0.29) is 0 Å². The van der Waals surface area contributed by atoms with Gasteiger partial charge < -0.3 is 4.90 Å². The molecule has 1 aromatic rings. The lowest BCUT2D eigenvalue weighted by Crippen LogP contribution is -2.52. The number of piperidine rings is 2. The van der Waals surface area contributed by atoms with Gasteiger partial charge in [-0.2, -0.15) is 0 Å². The van der Waals surface area contributed by atoms with Crippen LogP contribution in [0, 0.1) is 10.5 Å². The number of carbonyl (C=O) groups excluding carboxylic acids is 1. The molecule has 2 nitrogen and oxygen atoms in total. The molecule has 0 N–H and O–H groups in total. The second kappa shape index (κ2) is 4.83. The summed E-state index contributed by atoms with van der Waals surface area (Å²) in [4.78, 5) is 14.3. The van der Waals surface area contributed by atoms with Crippen LogP contribution in [0.25, 0.3) is 0 Å². The van der Waals surface area contributed by atoms with Crippen LogP contribution in [0.1, 0.15) is 37.7 Å². The molecule has 0 spiro atoms. The molecule has 3 rings (SSSR count). The number of ketones is 1. The number of hydrogen-bond donors (Lipinski definition) is 0. The smallest absolute Gasteiger partial charge is 0.137 e. The summed E-state index contributed by atoms with van der Waals surface area (Å²) < 4.78 is 1.32. The van der Waals surface area contributed by atoms with Crippen LogP contribution in [-0.2, 0) is 4.79 Å². The molecule has 2 saturated heterocycles. The Labute approximate surface area is 122 Å². The summed E-state index contributed by atoms with van der Waals surface area (Å²) in [5.74, 6) is 0.462. The zero-order valence-electron chi connectivity index (χ0n) is 10.7. The molecule has 0 radical (unpaired) electrons. The maximum Gasteiger partial charge on any atom is 0.137 e. The monoisotopic (exact) mass is 355 g/mol. The summed E-state index contributed by atoms with van der Waals surface area (Å²) in [6, 6.07) is 7.41. The molecule has 2 unspecified atom stereocenters. The summed E-state index contributed by atoms with van der Waals surface area (Å²) in [5, 5.41) is 0. The molecule has 1 aromatic carbocycles. The highest BCUT2D eigenvalue weighted by Gasteiger charge is 2.38. The summed E-state index contributed by atoms with van der Waals surface area (Å²) >= 11 is 2.40. The number of nitrogens with zero attached hydrogens (tertiary/aromatic N) is 1. The number of halogens is 1. The number of carbonyl (C=O) groups is 1. The minimum absolute atomic E-state index is 0.446. The Balaban J connectivity index is 2.00. The maximum absolute atomic E-state index is 11.8. The third-order valence-electron chi connectivity index (χ3n) is 4.31. The van der Waals surface area contributed by atoms with Gasteiger partial charge in [0.25, 0.3) is 0 Å². The van der Waals surface area contributed by atoms with Crippen molar-refractivity contribution >= 4 is 34.1 Å². The van der Waals surface area contributed by atoms with Gasteiger partial charge in [0.2, 0.25) is 0 Å². The van der Waals surface area contributed by atoms with E-state index in [1.54, 1.807) is 0 Å². The van der Waals surface area contributed by atoms with E-state index in [0.29, 0.717) is 17.9 Å². The third-order valence-corrected chi connectivity index (χ3v) is 5.47. The summed E-state index contributed by atoms with van der Waals surface area (Å²) in [6.07, 6.45) is 5.13. The maximum atomic E-state index is 11.8. The highest BCUT2D eigenvalue weighted by molar-refractivity contribution is 14.1. The van der Waals surface area contributed by atoms with E-state index in [2.05, 4.69) is 52.6 Å². The van der Waals surface area contributed by atoms with Crippen molar-refractivity contribution in [3.8, 4) is 0 Å². The third kappa shape index (κ3) is 2.06. The van der Waals surface area contributed by atoms with Crippen molar-refractivity contribution in [2.45, 2.75) is 51.1 Å². The minimum atomic E-state index is 0.446. The first-order chi connectivity index (χ1) is 8.66. The number of anilines is 1. The summed E-state index contributed by atoms with van der Waals surface area (Å²) in [6.45, 7) is 2.20. The van der Waals surface area contributed by atoms with E-state index in [9.17, 15) is 4.79 Å². The lowest BCUT2D eigenvalue weighted by molar-refractivity contribution is -0.121. The first-order valence-corrected chi connectivity index (χ1v) is 7.80. The van der Waals surface area contributed by atoms with E-state index in [1.165, 1.54) is 34.1 Å². The van der Waals surface area contributed by atoms with Crippen LogP contribution in [0.2, 0.25) is 0 Å². The molecule has 96 valence electrons. The van der Waals surface area contributed by atoms with Crippen molar-refractivity contribution in [3.05, 3.63) is 27.3 Å². The van der Waals surface area contributed by atoms with Crippen molar-refractivity contribution < 1.29 is 4.79 Å².